The molecule has 0 bridgehead atoms. The number of anilines is 1. The van der Waals surface area contributed by atoms with E-state index in [9.17, 15) is 4.79 Å². The maximum absolute atomic E-state index is 12.1. The molecular weight excluding hydrogens is 228 g/mol. The van der Waals surface area contributed by atoms with Crippen LogP contribution in [0, 0.1) is 0 Å². The van der Waals surface area contributed by atoms with Gasteiger partial charge in [-0.25, -0.2) is 0 Å². The third-order valence-corrected chi connectivity index (χ3v) is 3.00. The lowest BCUT2D eigenvalue weighted by Crippen LogP contribution is -2.51. The number of nitrogens with zero attached hydrogens (tertiary/aromatic N) is 1. The van der Waals surface area contributed by atoms with Gasteiger partial charge in [-0.2, -0.15) is 0 Å². The van der Waals surface area contributed by atoms with Crippen molar-refractivity contribution < 1.29 is 9.53 Å². The second-order valence-corrected chi connectivity index (χ2v) is 5.14. The summed E-state index contributed by atoms with van der Waals surface area (Å²) in [5, 5.41) is 3.14. The van der Waals surface area contributed by atoms with Crippen molar-refractivity contribution in [1.29, 1.82) is 0 Å². The van der Waals surface area contributed by atoms with E-state index in [2.05, 4.69) is 5.32 Å². The maximum atomic E-state index is 12.1. The molecule has 4 nitrogen and oxygen atoms in total. The SMILES string of the molecule is CC1(C)CN(C(=O)CNc2ccccc2)CCO1. The van der Waals surface area contributed by atoms with Gasteiger partial charge in [0.05, 0.1) is 18.8 Å². The van der Waals surface area contributed by atoms with Gasteiger partial charge in [-0.1, -0.05) is 18.2 Å². The minimum Gasteiger partial charge on any atom is -0.376 e. The molecule has 1 N–H and O–H groups in total. The summed E-state index contributed by atoms with van der Waals surface area (Å²) in [6, 6.07) is 9.76. The first-order valence-electron chi connectivity index (χ1n) is 6.27. The Bertz CT molecular complexity index is 404. The molecule has 1 saturated heterocycles. The second-order valence-electron chi connectivity index (χ2n) is 5.14. The lowest BCUT2D eigenvalue weighted by atomic mass is 10.1. The minimum absolute atomic E-state index is 0.121. The van der Waals surface area contributed by atoms with Crippen LogP contribution in [0.3, 0.4) is 0 Å². The Kier molecular flexibility index (Phi) is 3.87. The number of benzene rings is 1. The predicted octanol–water partition coefficient (Wildman–Crippen LogP) is 1.74. The summed E-state index contributed by atoms with van der Waals surface area (Å²) in [6.45, 7) is 6.30. The molecule has 2 rings (SSSR count). The van der Waals surface area contributed by atoms with Crippen LogP contribution >= 0.6 is 0 Å². The molecule has 1 amide bonds. The zero-order chi connectivity index (χ0) is 13.0. The topological polar surface area (TPSA) is 41.6 Å². The van der Waals surface area contributed by atoms with Crippen LogP contribution < -0.4 is 5.32 Å². The molecule has 1 aliphatic heterocycles. The van der Waals surface area contributed by atoms with Gasteiger partial charge in [-0.05, 0) is 26.0 Å². The number of amides is 1. The van der Waals surface area contributed by atoms with Crippen LogP contribution in [0.15, 0.2) is 30.3 Å². The molecule has 98 valence electrons. The number of carbonyl (C=O) groups is 1. The molecule has 4 heteroatoms. The van der Waals surface area contributed by atoms with Crippen LogP contribution in [0.4, 0.5) is 5.69 Å². The van der Waals surface area contributed by atoms with Crippen LogP contribution in [-0.4, -0.2) is 42.6 Å². The highest BCUT2D eigenvalue weighted by molar-refractivity contribution is 5.81. The molecule has 0 saturated carbocycles. The van der Waals surface area contributed by atoms with Crippen molar-refractivity contribution in [3.05, 3.63) is 30.3 Å². The standard InChI is InChI=1S/C14H20N2O2/c1-14(2)11-16(8-9-18-14)13(17)10-15-12-6-4-3-5-7-12/h3-7,15H,8-11H2,1-2H3. The highest BCUT2D eigenvalue weighted by Crippen LogP contribution is 2.16. The largest absolute Gasteiger partial charge is 0.376 e. The molecule has 1 aromatic rings. The van der Waals surface area contributed by atoms with Crippen LogP contribution in [0.1, 0.15) is 13.8 Å². The van der Waals surface area contributed by atoms with E-state index >= 15 is 0 Å². The van der Waals surface area contributed by atoms with Gasteiger partial charge in [-0.15, -0.1) is 0 Å². The van der Waals surface area contributed by atoms with Crippen LogP contribution in [0.2, 0.25) is 0 Å². The van der Waals surface area contributed by atoms with E-state index in [1.54, 1.807) is 0 Å². The second kappa shape index (κ2) is 5.40. The number of hydrogen-bond donors (Lipinski definition) is 1. The van der Waals surface area contributed by atoms with Gasteiger partial charge in [0.2, 0.25) is 5.91 Å². The Morgan fingerprint density at radius 1 is 1.39 bits per heavy atom. The number of hydrogen-bond acceptors (Lipinski definition) is 3. The van der Waals surface area contributed by atoms with Crippen molar-refractivity contribution >= 4 is 11.6 Å². The first-order chi connectivity index (χ1) is 8.57. The summed E-state index contributed by atoms with van der Waals surface area (Å²) in [5.74, 6) is 0.121. The van der Waals surface area contributed by atoms with Crippen molar-refractivity contribution in [2.24, 2.45) is 0 Å². The lowest BCUT2D eigenvalue weighted by molar-refractivity contribution is -0.144. The molecule has 1 aliphatic rings. The summed E-state index contributed by atoms with van der Waals surface area (Å²) in [5.41, 5.74) is 0.735. The Labute approximate surface area is 108 Å². The van der Waals surface area contributed by atoms with Crippen LogP contribution in [-0.2, 0) is 9.53 Å². The van der Waals surface area contributed by atoms with E-state index in [4.69, 9.17) is 4.74 Å². The molecule has 1 fully saturated rings. The number of rotatable bonds is 3. The first kappa shape index (κ1) is 12.9. The zero-order valence-corrected chi connectivity index (χ0v) is 11.0. The first-order valence-corrected chi connectivity index (χ1v) is 6.27. The molecule has 18 heavy (non-hydrogen) atoms. The van der Waals surface area contributed by atoms with E-state index in [-0.39, 0.29) is 11.5 Å². The van der Waals surface area contributed by atoms with Crippen molar-refractivity contribution in [1.82, 2.24) is 4.90 Å². The van der Waals surface area contributed by atoms with E-state index < -0.39 is 0 Å². The normalized spacial score (nSPS) is 18.4. The van der Waals surface area contributed by atoms with Crippen molar-refractivity contribution in [3.8, 4) is 0 Å². The number of ether oxygens (including phenoxy) is 1. The molecule has 1 aromatic carbocycles. The summed E-state index contributed by atoms with van der Waals surface area (Å²) in [4.78, 5) is 13.9. The predicted molar refractivity (Wildman–Crippen MR) is 71.5 cm³/mol. The van der Waals surface area contributed by atoms with Gasteiger partial charge >= 0.3 is 0 Å². The van der Waals surface area contributed by atoms with Gasteiger partial charge in [-0.3, -0.25) is 4.79 Å². The maximum Gasteiger partial charge on any atom is 0.242 e. The van der Waals surface area contributed by atoms with Crippen molar-refractivity contribution in [2.45, 2.75) is 19.4 Å². The molecular formula is C14H20N2O2. The summed E-state index contributed by atoms with van der Waals surface area (Å²) < 4.78 is 5.59. The third-order valence-electron chi connectivity index (χ3n) is 3.00. The van der Waals surface area contributed by atoms with Crippen LogP contribution in [0.25, 0.3) is 0 Å². The summed E-state index contributed by atoms with van der Waals surface area (Å²) >= 11 is 0. The molecule has 0 aliphatic carbocycles. The summed E-state index contributed by atoms with van der Waals surface area (Å²) in [7, 11) is 0. The third kappa shape index (κ3) is 3.47. The molecule has 0 spiro atoms. The molecule has 0 unspecified atom stereocenters. The van der Waals surface area contributed by atoms with E-state index in [1.165, 1.54) is 0 Å². The Morgan fingerprint density at radius 3 is 2.78 bits per heavy atom. The van der Waals surface area contributed by atoms with Crippen LogP contribution in [0.5, 0.6) is 0 Å². The van der Waals surface area contributed by atoms with E-state index in [0.29, 0.717) is 26.2 Å². The van der Waals surface area contributed by atoms with Gasteiger partial charge in [0.25, 0.3) is 0 Å². The smallest absolute Gasteiger partial charge is 0.242 e. The average molecular weight is 248 g/mol. The number of para-hydroxylation sites is 1. The Balaban J connectivity index is 1.85. The highest BCUT2D eigenvalue weighted by Gasteiger charge is 2.29. The number of nitrogens with one attached hydrogen (secondary N) is 1. The quantitative estimate of drug-likeness (QED) is 0.886. The monoisotopic (exact) mass is 248 g/mol. The van der Waals surface area contributed by atoms with Gasteiger partial charge in [0, 0.05) is 18.8 Å². The van der Waals surface area contributed by atoms with Gasteiger partial charge in [0.15, 0.2) is 0 Å². The Morgan fingerprint density at radius 2 is 2.11 bits per heavy atom. The molecule has 0 atom stereocenters. The fourth-order valence-corrected chi connectivity index (χ4v) is 2.07. The molecule has 0 aromatic heterocycles. The fraction of sp³-hybridized carbons (Fsp3) is 0.500. The van der Waals surface area contributed by atoms with E-state index in [0.717, 1.165) is 5.69 Å². The molecule has 1 heterocycles. The summed E-state index contributed by atoms with van der Waals surface area (Å²) in [6.07, 6.45) is 0. The van der Waals surface area contributed by atoms with Crippen molar-refractivity contribution in [3.63, 3.8) is 0 Å². The van der Waals surface area contributed by atoms with E-state index in [1.807, 2.05) is 49.1 Å². The Hall–Kier alpha value is -1.55. The lowest BCUT2D eigenvalue weighted by Gasteiger charge is -2.38. The highest BCUT2D eigenvalue weighted by atomic mass is 16.5. The minimum atomic E-state index is -0.235. The number of morpholine rings is 1. The number of carbonyl (C=O) groups excluding carboxylic acids is 1. The fourth-order valence-electron chi connectivity index (χ4n) is 2.07. The van der Waals surface area contributed by atoms with Gasteiger partial charge < -0.3 is 15.0 Å². The molecule has 0 radical (unpaired) electrons. The van der Waals surface area contributed by atoms with Gasteiger partial charge in [0.1, 0.15) is 0 Å². The van der Waals surface area contributed by atoms with Crippen molar-refractivity contribution in [2.75, 3.05) is 31.6 Å². The average Bonchev–Trinajstić information content (AvgIpc) is 2.36. The zero-order valence-electron chi connectivity index (χ0n) is 11.0.